The number of nitrogens with one attached hydrogen (secondary N) is 1. The standard InChI is InChI=1S/C9H8Br2ClNO/c10-1-2-13-9(14)6-3-7(11)5-8(12)4-6/h3-5H,1-2H2,(H,13,14). The van der Waals surface area contributed by atoms with Crippen molar-refractivity contribution in [1.82, 2.24) is 5.32 Å². The van der Waals surface area contributed by atoms with Gasteiger partial charge in [0, 0.05) is 26.9 Å². The second-order valence-corrected chi connectivity index (χ2v) is 4.75. The first kappa shape index (κ1) is 12.0. The molecule has 1 amide bonds. The molecule has 0 heterocycles. The highest BCUT2D eigenvalue weighted by atomic mass is 79.9. The molecule has 1 aromatic carbocycles. The fourth-order valence-electron chi connectivity index (χ4n) is 0.948. The zero-order chi connectivity index (χ0) is 10.6. The maximum absolute atomic E-state index is 11.5. The molecule has 0 unspecified atom stereocenters. The van der Waals surface area contributed by atoms with Crippen molar-refractivity contribution in [1.29, 1.82) is 0 Å². The number of benzene rings is 1. The zero-order valence-electron chi connectivity index (χ0n) is 7.19. The van der Waals surface area contributed by atoms with E-state index in [1.165, 1.54) is 0 Å². The number of halogens is 3. The van der Waals surface area contributed by atoms with E-state index < -0.39 is 0 Å². The van der Waals surface area contributed by atoms with Gasteiger partial charge in [0.2, 0.25) is 0 Å². The van der Waals surface area contributed by atoms with Crippen LogP contribution in [0.15, 0.2) is 22.7 Å². The van der Waals surface area contributed by atoms with Gasteiger partial charge in [-0.05, 0) is 18.2 Å². The van der Waals surface area contributed by atoms with Gasteiger partial charge >= 0.3 is 0 Å². The summed E-state index contributed by atoms with van der Waals surface area (Å²) >= 11 is 12.3. The molecule has 0 saturated heterocycles. The summed E-state index contributed by atoms with van der Waals surface area (Å²) in [5.41, 5.74) is 0.560. The van der Waals surface area contributed by atoms with Crippen molar-refractivity contribution < 1.29 is 4.79 Å². The Balaban J connectivity index is 2.79. The highest BCUT2D eigenvalue weighted by molar-refractivity contribution is 9.10. The van der Waals surface area contributed by atoms with E-state index >= 15 is 0 Å². The van der Waals surface area contributed by atoms with Gasteiger partial charge in [0.15, 0.2) is 0 Å². The van der Waals surface area contributed by atoms with Gasteiger partial charge < -0.3 is 5.32 Å². The van der Waals surface area contributed by atoms with Gasteiger partial charge in [0.05, 0.1) is 0 Å². The van der Waals surface area contributed by atoms with Crippen LogP contribution in [0.3, 0.4) is 0 Å². The molecule has 0 saturated carbocycles. The monoisotopic (exact) mass is 339 g/mol. The van der Waals surface area contributed by atoms with Crippen molar-refractivity contribution in [2.45, 2.75) is 0 Å². The Bertz CT molecular complexity index is 323. The first-order valence-corrected chi connectivity index (χ1v) is 6.23. The van der Waals surface area contributed by atoms with Crippen molar-refractivity contribution in [3.8, 4) is 0 Å². The van der Waals surface area contributed by atoms with Crippen LogP contribution >= 0.6 is 43.5 Å². The lowest BCUT2D eigenvalue weighted by atomic mass is 10.2. The van der Waals surface area contributed by atoms with E-state index in [1.807, 2.05) is 0 Å². The van der Waals surface area contributed by atoms with Crippen LogP contribution in [0.25, 0.3) is 0 Å². The van der Waals surface area contributed by atoms with E-state index in [-0.39, 0.29) is 5.91 Å². The molecule has 0 aliphatic carbocycles. The summed E-state index contributed by atoms with van der Waals surface area (Å²) in [5, 5.41) is 4.02. The van der Waals surface area contributed by atoms with Gasteiger partial charge in [-0.1, -0.05) is 43.5 Å². The first-order valence-electron chi connectivity index (χ1n) is 3.93. The highest BCUT2D eigenvalue weighted by Crippen LogP contribution is 2.19. The Labute approximate surface area is 104 Å². The van der Waals surface area contributed by atoms with Crippen LogP contribution in [0.4, 0.5) is 0 Å². The van der Waals surface area contributed by atoms with E-state index in [0.717, 1.165) is 9.80 Å². The summed E-state index contributed by atoms with van der Waals surface area (Å²) < 4.78 is 0.800. The van der Waals surface area contributed by atoms with Crippen LogP contribution in [0.5, 0.6) is 0 Å². The number of hydrogen-bond donors (Lipinski definition) is 1. The molecule has 0 aliphatic rings. The Morgan fingerprint density at radius 1 is 1.43 bits per heavy atom. The third-order valence-corrected chi connectivity index (χ3v) is 2.58. The fraction of sp³-hybridized carbons (Fsp3) is 0.222. The van der Waals surface area contributed by atoms with Crippen molar-refractivity contribution in [3.63, 3.8) is 0 Å². The Hall–Kier alpha value is -0.0600. The number of hydrogen-bond acceptors (Lipinski definition) is 1. The van der Waals surface area contributed by atoms with Crippen LogP contribution in [0, 0.1) is 0 Å². The van der Waals surface area contributed by atoms with Gasteiger partial charge in [-0.2, -0.15) is 0 Å². The summed E-state index contributed by atoms with van der Waals surface area (Å²) in [6.45, 7) is 0.600. The average Bonchev–Trinajstić information content (AvgIpc) is 2.12. The van der Waals surface area contributed by atoms with Crippen LogP contribution in [0.1, 0.15) is 10.4 Å². The average molecular weight is 341 g/mol. The van der Waals surface area contributed by atoms with Gasteiger partial charge in [0.25, 0.3) is 5.91 Å². The zero-order valence-corrected chi connectivity index (χ0v) is 11.1. The molecule has 0 fully saturated rings. The van der Waals surface area contributed by atoms with Crippen molar-refractivity contribution in [2.75, 3.05) is 11.9 Å². The molecule has 0 bridgehead atoms. The summed E-state index contributed by atoms with van der Waals surface area (Å²) in [7, 11) is 0. The van der Waals surface area contributed by atoms with Crippen LogP contribution in [-0.2, 0) is 0 Å². The smallest absolute Gasteiger partial charge is 0.251 e. The van der Waals surface area contributed by atoms with Gasteiger partial charge in [-0.15, -0.1) is 0 Å². The molecule has 1 aromatic rings. The lowest BCUT2D eigenvalue weighted by molar-refractivity contribution is 0.0956. The van der Waals surface area contributed by atoms with E-state index in [4.69, 9.17) is 11.6 Å². The molecular formula is C9H8Br2ClNO. The number of rotatable bonds is 3. The quantitative estimate of drug-likeness (QED) is 0.841. The van der Waals surface area contributed by atoms with Crippen LogP contribution < -0.4 is 5.32 Å². The Morgan fingerprint density at radius 2 is 2.14 bits per heavy atom. The molecule has 14 heavy (non-hydrogen) atoms. The molecule has 76 valence electrons. The number of alkyl halides is 1. The lowest BCUT2D eigenvalue weighted by Crippen LogP contribution is -2.25. The predicted octanol–water partition coefficient (Wildman–Crippen LogP) is 3.23. The molecule has 2 nitrogen and oxygen atoms in total. The molecule has 0 aromatic heterocycles. The number of carbonyl (C=O) groups excluding carboxylic acids is 1. The van der Waals surface area contributed by atoms with Crippen molar-refractivity contribution in [3.05, 3.63) is 33.3 Å². The second-order valence-electron chi connectivity index (χ2n) is 2.60. The summed E-state index contributed by atoms with van der Waals surface area (Å²) in [6.07, 6.45) is 0. The number of carbonyl (C=O) groups is 1. The summed E-state index contributed by atoms with van der Waals surface area (Å²) in [5.74, 6) is -0.118. The molecule has 1 rings (SSSR count). The summed E-state index contributed by atoms with van der Waals surface area (Å²) in [6, 6.07) is 5.11. The van der Waals surface area contributed by atoms with Gasteiger partial charge in [0.1, 0.15) is 0 Å². The number of amides is 1. The fourth-order valence-corrected chi connectivity index (χ4v) is 2.01. The normalized spacial score (nSPS) is 9.93. The SMILES string of the molecule is O=C(NCCBr)c1cc(Cl)cc(Br)c1. The largest absolute Gasteiger partial charge is 0.351 e. The first-order chi connectivity index (χ1) is 6.63. The minimum Gasteiger partial charge on any atom is -0.351 e. The Kier molecular flexibility index (Phi) is 4.92. The molecular weight excluding hydrogens is 333 g/mol. The maximum Gasteiger partial charge on any atom is 0.251 e. The molecule has 0 aliphatic heterocycles. The van der Waals surface area contributed by atoms with Gasteiger partial charge in [-0.25, -0.2) is 0 Å². The summed E-state index contributed by atoms with van der Waals surface area (Å²) in [4.78, 5) is 11.5. The predicted molar refractivity (Wildman–Crippen MR) is 65.3 cm³/mol. The van der Waals surface area contributed by atoms with E-state index in [9.17, 15) is 4.79 Å². The van der Waals surface area contributed by atoms with Crippen LogP contribution in [-0.4, -0.2) is 17.8 Å². The lowest BCUT2D eigenvalue weighted by Gasteiger charge is -2.03. The molecule has 1 N–H and O–H groups in total. The minimum absolute atomic E-state index is 0.118. The van der Waals surface area contributed by atoms with Gasteiger partial charge in [-0.3, -0.25) is 4.79 Å². The maximum atomic E-state index is 11.5. The topological polar surface area (TPSA) is 29.1 Å². The Morgan fingerprint density at radius 3 is 2.71 bits per heavy atom. The third kappa shape index (κ3) is 3.59. The molecule has 0 atom stereocenters. The molecule has 5 heteroatoms. The molecule has 0 spiro atoms. The van der Waals surface area contributed by atoms with E-state index in [1.54, 1.807) is 18.2 Å². The molecule has 0 radical (unpaired) electrons. The van der Waals surface area contributed by atoms with E-state index in [2.05, 4.69) is 37.2 Å². The van der Waals surface area contributed by atoms with E-state index in [0.29, 0.717) is 17.1 Å². The second kappa shape index (κ2) is 5.73. The third-order valence-electron chi connectivity index (χ3n) is 1.50. The minimum atomic E-state index is -0.118. The highest BCUT2D eigenvalue weighted by Gasteiger charge is 2.06. The van der Waals surface area contributed by atoms with Crippen molar-refractivity contribution in [2.24, 2.45) is 0 Å². The van der Waals surface area contributed by atoms with Crippen LogP contribution in [0.2, 0.25) is 5.02 Å². The van der Waals surface area contributed by atoms with Crippen molar-refractivity contribution >= 4 is 49.4 Å².